The van der Waals surface area contributed by atoms with Gasteiger partial charge in [0.05, 0.1) is 10.5 Å². The molecule has 2 N–H and O–H groups in total. The normalized spacial score (nSPS) is 17.4. The van der Waals surface area contributed by atoms with Crippen molar-refractivity contribution in [1.82, 2.24) is 14.6 Å². The van der Waals surface area contributed by atoms with Crippen LogP contribution in [0.1, 0.15) is 35.7 Å². The Labute approximate surface area is 191 Å². The predicted molar refractivity (Wildman–Crippen MR) is 124 cm³/mol. The second-order valence-electron chi connectivity index (χ2n) is 8.14. The lowest BCUT2D eigenvalue weighted by molar-refractivity contribution is 0.0952. The Morgan fingerprint density at radius 2 is 2.00 bits per heavy atom. The standard InChI is InChI=1S/C23H24ClN3O4S/c1-15-5-4-10-27(14-15)32(30,31)17-8-9-21-18(11-17)19(12-22(28)26-21)23(29)25-13-16-6-2-3-7-20(16)24/h2-3,6-9,11-12,15H,4-5,10,13-14H2,1H3,(H,25,29)(H,26,28)/t15-/m1/s1. The smallest absolute Gasteiger partial charge is 0.252 e. The Morgan fingerprint density at radius 3 is 2.75 bits per heavy atom. The van der Waals surface area contributed by atoms with Crippen LogP contribution in [-0.4, -0.2) is 36.7 Å². The average molecular weight is 474 g/mol. The number of fused-ring (bicyclic) bond motifs is 1. The van der Waals surface area contributed by atoms with Crippen LogP contribution in [0.4, 0.5) is 0 Å². The molecule has 4 rings (SSSR count). The molecule has 1 fully saturated rings. The number of rotatable bonds is 5. The van der Waals surface area contributed by atoms with Gasteiger partial charge in [-0.2, -0.15) is 4.31 Å². The van der Waals surface area contributed by atoms with Crippen molar-refractivity contribution in [2.45, 2.75) is 31.2 Å². The highest BCUT2D eigenvalue weighted by Crippen LogP contribution is 2.26. The molecule has 1 atom stereocenters. The maximum atomic E-state index is 13.2. The molecule has 1 amide bonds. The van der Waals surface area contributed by atoms with Gasteiger partial charge in [0.1, 0.15) is 0 Å². The van der Waals surface area contributed by atoms with Gasteiger partial charge < -0.3 is 10.3 Å². The quantitative estimate of drug-likeness (QED) is 0.592. The Bertz CT molecular complexity index is 1340. The Balaban J connectivity index is 1.69. The molecule has 0 bridgehead atoms. The number of H-pyrrole nitrogens is 1. The van der Waals surface area contributed by atoms with Gasteiger partial charge in [0.15, 0.2) is 0 Å². The molecule has 1 saturated heterocycles. The third-order valence-electron chi connectivity index (χ3n) is 5.71. The van der Waals surface area contributed by atoms with E-state index in [1.165, 1.54) is 28.6 Å². The Hall–Kier alpha value is -2.68. The minimum absolute atomic E-state index is 0.103. The Morgan fingerprint density at radius 1 is 1.22 bits per heavy atom. The van der Waals surface area contributed by atoms with Gasteiger partial charge in [0, 0.05) is 41.6 Å². The van der Waals surface area contributed by atoms with E-state index in [9.17, 15) is 18.0 Å². The van der Waals surface area contributed by atoms with Gasteiger partial charge in [-0.1, -0.05) is 36.7 Å². The van der Waals surface area contributed by atoms with E-state index in [2.05, 4.69) is 10.3 Å². The fourth-order valence-electron chi connectivity index (χ4n) is 4.01. The molecular formula is C23H24ClN3O4S. The Kier molecular flexibility index (Phi) is 6.37. The number of hydrogen-bond acceptors (Lipinski definition) is 4. The molecular weight excluding hydrogens is 450 g/mol. The van der Waals surface area contributed by atoms with Crippen LogP contribution in [0.3, 0.4) is 0 Å². The molecule has 1 aromatic heterocycles. The van der Waals surface area contributed by atoms with Gasteiger partial charge >= 0.3 is 0 Å². The lowest BCUT2D eigenvalue weighted by atomic mass is 10.0. The first-order chi connectivity index (χ1) is 15.3. The van der Waals surface area contributed by atoms with Crippen molar-refractivity contribution < 1.29 is 13.2 Å². The number of nitrogens with one attached hydrogen (secondary N) is 2. The zero-order valence-electron chi connectivity index (χ0n) is 17.6. The van der Waals surface area contributed by atoms with Gasteiger partial charge in [0.25, 0.3) is 5.91 Å². The van der Waals surface area contributed by atoms with Crippen LogP contribution in [0.2, 0.25) is 5.02 Å². The van der Waals surface area contributed by atoms with Crippen LogP contribution in [-0.2, 0) is 16.6 Å². The molecule has 32 heavy (non-hydrogen) atoms. The first-order valence-corrected chi connectivity index (χ1v) is 12.3. The van der Waals surface area contributed by atoms with Crippen molar-refractivity contribution in [3.63, 3.8) is 0 Å². The highest BCUT2D eigenvalue weighted by molar-refractivity contribution is 7.89. The van der Waals surface area contributed by atoms with Crippen molar-refractivity contribution in [1.29, 1.82) is 0 Å². The topological polar surface area (TPSA) is 99.3 Å². The number of hydrogen-bond donors (Lipinski definition) is 2. The van der Waals surface area contributed by atoms with E-state index < -0.39 is 21.5 Å². The van der Waals surface area contributed by atoms with Gasteiger partial charge in [-0.15, -0.1) is 0 Å². The van der Waals surface area contributed by atoms with Crippen molar-refractivity contribution in [2.75, 3.05) is 13.1 Å². The molecule has 7 nitrogen and oxygen atoms in total. The molecule has 168 valence electrons. The van der Waals surface area contributed by atoms with Crippen molar-refractivity contribution >= 4 is 38.4 Å². The van der Waals surface area contributed by atoms with Crippen LogP contribution in [0, 0.1) is 5.92 Å². The van der Waals surface area contributed by atoms with Gasteiger partial charge in [0.2, 0.25) is 15.6 Å². The van der Waals surface area contributed by atoms with Crippen molar-refractivity contribution in [3.05, 3.63) is 75.0 Å². The van der Waals surface area contributed by atoms with Gasteiger partial charge in [-0.3, -0.25) is 9.59 Å². The summed E-state index contributed by atoms with van der Waals surface area (Å²) in [5.74, 6) is -0.191. The summed E-state index contributed by atoms with van der Waals surface area (Å²) < 4.78 is 27.9. The summed E-state index contributed by atoms with van der Waals surface area (Å²) in [7, 11) is -3.71. The molecule has 9 heteroatoms. The van der Waals surface area contributed by atoms with Crippen LogP contribution >= 0.6 is 11.6 Å². The minimum Gasteiger partial charge on any atom is -0.348 e. The summed E-state index contributed by atoms with van der Waals surface area (Å²) in [6.07, 6.45) is 1.82. The second kappa shape index (κ2) is 9.05. The van der Waals surface area contributed by atoms with Crippen LogP contribution < -0.4 is 10.9 Å². The van der Waals surface area contributed by atoms with Gasteiger partial charge in [-0.25, -0.2) is 8.42 Å². The number of sulfonamides is 1. The number of aromatic nitrogens is 1. The number of benzene rings is 2. The summed E-state index contributed by atoms with van der Waals surface area (Å²) in [5.41, 5.74) is 0.797. The maximum Gasteiger partial charge on any atom is 0.252 e. The second-order valence-corrected chi connectivity index (χ2v) is 10.5. The summed E-state index contributed by atoms with van der Waals surface area (Å²) >= 11 is 6.15. The van der Waals surface area contributed by atoms with Crippen molar-refractivity contribution in [2.24, 2.45) is 5.92 Å². The zero-order chi connectivity index (χ0) is 22.9. The SMILES string of the molecule is C[C@@H]1CCCN(S(=O)(=O)c2ccc3[nH]c(=O)cc(C(=O)NCc4ccccc4Cl)c3c2)C1. The van der Waals surface area contributed by atoms with Gasteiger partial charge in [-0.05, 0) is 48.6 Å². The molecule has 0 radical (unpaired) electrons. The fraction of sp³-hybridized carbons (Fsp3) is 0.304. The number of carbonyl (C=O) groups excluding carboxylic acids is 1. The molecule has 2 aromatic carbocycles. The average Bonchev–Trinajstić information content (AvgIpc) is 2.77. The molecule has 1 aliphatic rings. The van der Waals surface area contributed by atoms with E-state index in [1.807, 2.05) is 13.0 Å². The van der Waals surface area contributed by atoms with E-state index in [0.29, 0.717) is 34.9 Å². The van der Waals surface area contributed by atoms with Crippen LogP contribution in [0.5, 0.6) is 0 Å². The highest BCUT2D eigenvalue weighted by atomic mass is 35.5. The molecule has 0 spiro atoms. The van der Waals surface area contributed by atoms with E-state index in [0.717, 1.165) is 18.4 Å². The predicted octanol–water partition coefficient (Wildman–Crippen LogP) is 3.53. The fourth-order valence-corrected chi connectivity index (χ4v) is 5.84. The van der Waals surface area contributed by atoms with Crippen LogP contribution in [0.15, 0.2) is 58.2 Å². The number of halogens is 1. The molecule has 0 saturated carbocycles. The maximum absolute atomic E-state index is 13.2. The molecule has 0 unspecified atom stereocenters. The van der Waals surface area contributed by atoms with E-state index >= 15 is 0 Å². The highest BCUT2D eigenvalue weighted by Gasteiger charge is 2.29. The summed E-state index contributed by atoms with van der Waals surface area (Å²) in [4.78, 5) is 27.8. The number of amides is 1. The molecule has 3 aromatic rings. The number of piperidine rings is 1. The summed E-state index contributed by atoms with van der Waals surface area (Å²) in [6, 6.07) is 12.8. The molecule has 2 heterocycles. The zero-order valence-corrected chi connectivity index (χ0v) is 19.2. The first kappa shape index (κ1) is 22.5. The number of carbonyl (C=O) groups is 1. The molecule has 1 aliphatic heterocycles. The number of nitrogens with zero attached hydrogens (tertiary/aromatic N) is 1. The lowest BCUT2D eigenvalue weighted by Gasteiger charge is -2.30. The number of pyridine rings is 1. The number of aromatic amines is 1. The monoisotopic (exact) mass is 473 g/mol. The van der Waals surface area contributed by atoms with Crippen molar-refractivity contribution in [3.8, 4) is 0 Å². The summed E-state index contributed by atoms with van der Waals surface area (Å²) in [5, 5.41) is 3.66. The largest absolute Gasteiger partial charge is 0.348 e. The van der Waals surface area contributed by atoms with E-state index in [-0.39, 0.29) is 17.0 Å². The minimum atomic E-state index is -3.71. The molecule has 0 aliphatic carbocycles. The third-order valence-corrected chi connectivity index (χ3v) is 7.94. The third kappa shape index (κ3) is 4.57. The lowest BCUT2D eigenvalue weighted by Crippen LogP contribution is -2.39. The first-order valence-electron chi connectivity index (χ1n) is 10.4. The van der Waals surface area contributed by atoms with E-state index in [1.54, 1.807) is 18.2 Å². The van der Waals surface area contributed by atoms with E-state index in [4.69, 9.17) is 11.6 Å². The van der Waals surface area contributed by atoms with Crippen LogP contribution in [0.25, 0.3) is 10.9 Å². The summed E-state index contributed by atoms with van der Waals surface area (Å²) in [6.45, 7) is 3.16.